The highest BCUT2D eigenvalue weighted by molar-refractivity contribution is 5.99. The number of aliphatic carboxylic acids is 1. The van der Waals surface area contributed by atoms with E-state index in [9.17, 15) is 19.5 Å². The van der Waals surface area contributed by atoms with E-state index in [1.54, 1.807) is 6.92 Å². The highest BCUT2D eigenvalue weighted by Gasteiger charge is 2.51. The van der Waals surface area contributed by atoms with Gasteiger partial charge in [0.1, 0.15) is 24.0 Å². The average molecular weight is 425 g/mol. The van der Waals surface area contributed by atoms with Gasteiger partial charge in [-0.3, -0.25) is 9.59 Å². The highest BCUT2D eigenvalue weighted by Crippen LogP contribution is 2.35. The third-order valence-electron chi connectivity index (χ3n) is 6.55. The zero-order chi connectivity index (χ0) is 22.3. The first-order chi connectivity index (χ1) is 14.8. The zero-order valence-electron chi connectivity index (χ0n) is 17.9. The number of aromatic nitrogens is 1. The van der Waals surface area contributed by atoms with Crippen LogP contribution in [0.15, 0.2) is 34.9 Å². The van der Waals surface area contributed by atoms with Crippen LogP contribution >= 0.6 is 0 Å². The summed E-state index contributed by atoms with van der Waals surface area (Å²) in [7, 11) is 0. The van der Waals surface area contributed by atoms with Crippen LogP contribution in [-0.4, -0.2) is 44.9 Å². The van der Waals surface area contributed by atoms with Crippen LogP contribution in [0.2, 0.25) is 0 Å². The lowest BCUT2D eigenvalue weighted by Gasteiger charge is -2.44. The van der Waals surface area contributed by atoms with Gasteiger partial charge in [0.25, 0.3) is 0 Å². The summed E-state index contributed by atoms with van der Waals surface area (Å²) in [6.45, 7) is 5.37. The number of carboxylic acids is 1. The molecule has 2 N–H and O–H groups in total. The third kappa shape index (κ3) is 3.71. The van der Waals surface area contributed by atoms with Gasteiger partial charge in [0, 0.05) is 6.92 Å². The number of nitrogens with one attached hydrogen (secondary N) is 1. The van der Waals surface area contributed by atoms with Gasteiger partial charge in [0.2, 0.25) is 11.8 Å². The van der Waals surface area contributed by atoms with Gasteiger partial charge in [0.05, 0.1) is 0 Å². The summed E-state index contributed by atoms with van der Waals surface area (Å²) in [4.78, 5) is 44.7. The van der Waals surface area contributed by atoms with Crippen molar-refractivity contribution in [3.63, 3.8) is 0 Å². The van der Waals surface area contributed by atoms with Crippen LogP contribution in [0.4, 0.5) is 0 Å². The van der Waals surface area contributed by atoms with E-state index >= 15 is 0 Å². The molecule has 2 aromatic rings. The predicted molar refractivity (Wildman–Crippen MR) is 111 cm³/mol. The molecular formula is C23H27N3O5. The van der Waals surface area contributed by atoms with Gasteiger partial charge < -0.3 is 19.7 Å². The molecule has 164 valence electrons. The van der Waals surface area contributed by atoms with Crippen molar-refractivity contribution >= 4 is 17.8 Å². The van der Waals surface area contributed by atoms with Crippen molar-refractivity contribution in [1.29, 1.82) is 0 Å². The van der Waals surface area contributed by atoms with E-state index in [0.29, 0.717) is 25.2 Å². The second-order valence-electron chi connectivity index (χ2n) is 8.53. The van der Waals surface area contributed by atoms with E-state index in [1.807, 2.05) is 38.1 Å². The molecular weight excluding hydrogens is 398 g/mol. The fraction of sp³-hybridized carbons (Fsp3) is 0.478. The first-order valence-corrected chi connectivity index (χ1v) is 10.7. The van der Waals surface area contributed by atoms with Gasteiger partial charge in [-0.25, -0.2) is 9.78 Å². The minimum Gasteiger partial charge on any atom is -0.479 e. The van der Waals surface area contributed by atoms with Crippen molar-refractivity contribution in [3.8, 4) is 0 Å². The lowest BCUT2D eigenvalue weighted by molar-refractivity contribution is -0.164. The Kier molecular flexibility index (Phi) is 5.56. The molecule has 2 aliphatic rings. The van der Waals surface area contributed by atoms with Crippen molar-refractivity contribution in [3.05, 3.63) is 53.2 Å². The summed E-state index contributed by atoms with van der Waals surface area (Å²) >= 11 is 0. The summed E-state index contributed by atoms with van der Waals surface area (Å²) in [5.41, 5.74) is 2.44. The fourth-order valence-corrected chi connectivity index (χ4v) is 4.81. The van der Waals surface area contributed by atoms with Gasteiger partial charge in [-0.1, -0.05) is 44.5 Å². The Morgan fingerprint density at radius 2 is 1.94 bits per heavy atom. The smallest absolute Gasteiger partial charge is 0.332 e. The zero-order valence-corrected chi connectivity index (χ0v) is 17.9. The minimum absolute atomic E-state index is 0.120. The summed E-state index contributed by atoms with van der Waals surface area (Å²) in [5, 5.41) is 13.0. The second kappa shape index (κ2) is 8.17. The average Bonchev–Trinajstić information content (AvgIpc) is 3.35. The molecule has 0 radical (unpaired) electrons. The number of carboxylic acid groups (broad SMARTS) is 1. The monoisotopic (exact) mass is 425 g/mol. The first kappa shape index (κ1) is 21.1. The van der Waals surface area contributed by atoms with Gasteiger partial charge in [-0.15, -0.1) is 0 Å². The van der Waals surface area contributed by atoms with E-state index in [1.165, 1.54) is 11.2 Å². The molecule has 8 heteroatoms. The molecule has 1 unspecified atom stereocenters. The predicted octanol–water partition coefficient (Wildman–Crippen LogP) is 2.27. The van der Waals surface area contributed by atoms with Crippen molar-refractivity contribution < 1.29 is 23.9 Å². The maximum atomic E-state index is 13.8. The van der Waals surface area contributed by atoms with Crippen LogP contribution in [0, 0.1) is 18.8 Å². The standard InChI is InChI=1S/C23H27N3O5/c1-4-12(2)19-21(27)25-18(16-9-14-7-5-6-8-15(14)10-16)22(28)26(19)20(23(29)30)17-11-31-13(3)24-17/h5-8,11-12,16,18-20H,4,9-10H2,1-3H3,(H,25,27)(H,29,30)/t12-,18-,19-,20?/m1/s1. The number of amides is 2. The van der Waals surface area contributed by atoms with Crippen molar-refractivity contribution in [2.45, 2.75) is 58.2 Å². The maximum Gasteiger partial charge on any atom is 0.332 e. The molecule has 0 spiro atoms. The number of nitrogens with zero attached hydrogens (tertiary/aromatic N) is 2. The Hall–Kier alpha value is -3.16. The molecule has 2 heterocycles. The number of carbonyl (C=O) groups excluding carboxylic acids is 2. The number of hydrogen-bond acceptors (Lipinski definition) is 5. The number of fused-ring (bicyclic) bond motifs is 1. The number of hydrogen-bond donors (Lipinski definition) is 2. The molecule has 1 fully saturated rings. The van der Waals surface area contributed by atoms with Crippen LogP contribution in [0.3, 0.4) is 0 Å². The first-order valence-electron chi connectivity index (χ1n) is 10.7. The van der Waals surface area contributed by atoms with Crippen LogP contribution < -0.4 is 5.32 Å². The largest absolute Gasteiger partial charge is 0.479 e. The highest BCUT2D eigenvalue weighted by atomic mass is 16.4. The second-order valence-corrected chi connectivity index (χ2v) is 8.53. The molecule has 4 rings (SSSR count). The SMILES string of the molecule is CC[C@@H](C)[C@@H]1C(=O)N[C@H](C2Cc3ccccc3C2)C(=O)N1C(C(=O)O)c1coc(C)n1. The number of aryl methyl sites for hydroxylation is 1. The quantitative estimate of drug-likeness (QED) is 0.734. The number of carbonyl (C=O) groups is 3. The van der Waals surface area contributed by atoms with E-state index < -0.39 is 24.1 Å². The molecule has 1 aliphatic heterocycles. The molecule has 0 saturated carbocycles. The molecule has 4 atom stereocenters. The summed E-state index contributed by atoms with van der Waals surface area (Å²) in [6.07, 6.45) is 3.19. The lowest BCUT2D eigenvalue weighted by Crippen LogP contribution is -2.68. The van der Waals surface area contributed by atoms with E-state index in [4.69, 9.17) is 4.42 Å². The molecule has 0 bridgehead atoms. The molecule has 1 saturated heterocycles. The van der Waals surface area contributed by atoms with Crippen LogP contribution in [0.1, 0.15) is 49.0 Å². The maximum absolute atomic E-state index is 13.8. The number of rotatable bonds is 6. The van der Waals surface area contributed by atoms with Gasteiger partial charge in [0.15, 0.2) is 11.9 Å². The Bertz CT molecular complexity index is 991. The minimum atomic E-state index is -1.39. The molecule has 1 aromatic heterocycles. The van der Waals surface area contributed by atoms with Gasteiger partial charge in [-0.2, -0.15) is 0 Å². The van der Waals surface area contributed by atoms with Gasteiger partial charge >= 0.3 is 5.97 Å². The summed E-state index contributed by atoms with van der Waals surface area (Å²) in [5.74, 6) is -1.98. The summed E-state index contributed by atoms with van der Waals surface area (Å²) in [6, 6.07) is 4.92. The Morgan fingerprint density at radius 3 is 2.45 bits per heavy atom. The molecule has 8 nitrogen and oxygen atoms in total. The van der Waals surface area contributed by atoms with E-state index in [0.717, 1.165) is 11.1 Å². The Morgan fingerprint density at radius 1 is 1.29 bits per heavy atom. The van der Waals surface area contributed by atoms with E-state index in [2.05, 4.69) is 10.3 Å². The molecule has 31 heavy (non-hydrogen) atoms. The number of benzene rings is 1. The third-order valence-corrected chi connectivity index (χ3v) is 6.55. The van der Waals surface area contributed by atoms with Crippen LogP contribution in [-0.2, 0) is 27.2 Å². The molecule has 1 aromatic carbocycles. The van der Waals surface area contributed by atoms with Crippen molar-refractivity contribution in [2.24, 2.45) is 11.8 Å². The van der Waals surface area contributed by atoms with Crippen molar-refractivity contribution in [1.82, 2.24) is 15.2 Å². The lowest BCUT2D eigenvalue weighted by atomic mass is 9.86. The van der Waals surface area contributed by atoms with Crippen LogP contribution in [0.5, 0.6) is 0 Å². The number of piperazine rings is 1. The number of oxazole rings is 1. The topological polar surface area (TPSA) is 113 Å². The molecule has 2 amide bonds. The Labute approximate surface area is 180 Å². The van der Waals surface area contributed by atoms with Crippen molar-refractivity contribution in [2.75, 3.05) is 0 Å². The molecule has 1 aliphatic carbocycles. The van der Waals surface area contributed by atoms with Gasteiger partial charge in [-0.05, 0) is 35.8 Å². The summed E-state index contributed by atoms with van der Waals surface area (Å²) < 4.78 is 5.23. The van der Waals surface area contributed by atoms with Crippen LogP contribution in [0.25, 0.3) is 0 Å². The van der Waals surface area contributed by atoms with E-state index in [-0.39, 0.29) is 29.3 Å². The normalized spacial score (nSPS) is 23.4. The Balaban J connectivity index is 1.72. The fourth-order valence-electron chi connectivity index (χ4n) is 4.81.